The van der Waals surface area contributed by atoms with Crippen LogP contribution in [0.2, 0.25) is 0 Å². The molecule has 0 saturated heterocycles. The minimum Gasteiger partial charge on any atom is -0.307 e. The van der Waals surface area contributed by atoms with Crippen LogP contribution in [-0.2, 0) is 0 Å². The van der Waals surface area contributed by atoms with Crippen LogP contribution in [0.3, 0.4) is 0 Å². The first-order valence-electron chi connectivity index (χ1n) is 6.26. The van der Waals surface area contributed by atoms with Crippen LogP contribution < -0.4 is 0 Å². The summed E-state index contributed by atoms with van der Waals surface area (Å²) < 4.78 is 0. The molecule has 1 nitrogen and oxygen atoms in total. The molecule has 0 spiro atoms. The highest BCUT2D eigenvalue weighted by Gasteiger charge is 1.88. The molecule has 0 bridgehead atoms. The van der Waals surface area contributed by atoms with Gasteiger partial charge in [0, 0.05) is 0 Å². The van der Waals surface area contributed by atoms with Gasteiger partial charge in [-0.05, 0) is 32.5 Å². The van der Waals surface area contributed by atoms with Gasteiger partial charge in [-0.2, -0.15) is 0 Å². The summed E-state index contributed by atoms with van der Waals surface area (Å²) in [4.78, 5) is 2.31. The highest BCUT2D eigenvalue weighted by molar-refractivity contribution is 4.42. The second-order valence-corrected chi connectivity index (χ2v) is 4.43. The Hall–Kier alpha value is -0.0400. The van der Waals surface area contributed by atoms with Gasteiger partial charge in [0.15, 0.2) is 0 Å². The summed E-state index contributed by atoms with van der Waals surface area (Å²) in [5, 5.41) is 0. The minimum atomic E-state index is 0.903. The second-order valence-electron chi connectivity index (χ2n) is 4.43. The molecule has 0 aromatic heterocycles. The molecule has 0 radical (unpaired) electrons. The van der Waals surface area contributed by atoms with Gasteiger partial charge in [0.2, 0.25) is 0 Å². The van der Waals surface area contributed by atoms with Crippen molar-refractivity contribution in [3.8, 4) is 0 Å². The molecule has 88 valence electrons. The monoisotopic (exact) mass is 201 g/mol. The van der Waals surface area contributed by atoms with E-state index >= 15 is 0 Å². The highest BCUT2D eigenvalue weighted by atomic mass is 15.1. The van der Waals surface area contributed by atoms with Crippen LogP contribution in [0.1, 0.15) is 60.3 Å². The third kappa shape index (κ3) is 17.9. The van der Waals surface area contributed by atoms with Crippen LogP contribution in [0.25, 0.3) is 0 Å². The van der Waals surface area contributed by atoms with Crippen molar-refractivity contribution >= 4 is 0 Å². The largest absolute Gasteiger partial charge is 0.307 e. The van der Waals surface area contributed by atoms with Gasteiger partial charge in [0.25, 0.3) is 0 Å². The van der Waals surface area contributed by atoms with Crippen molar-refractivity contribution in [1.29, 1.82) is 0 Å². The van der Waals surface area contributed by atoms with Gasteiger partial charge in [-0.15, -0.1) is 0 Å². The van der Waals surface area contributed by atoms with E-state index in [2.05, 4.69) is 46.6 Å². The van der Waals surface area contributed by atoms with Crippen LogP contribution in [0.4, 0.5) is 0 Å². The summed E-state index contributed by atoms with van der Waals surface area (Å²) in [7, 11) is 2.14. The van der Waals surface area contributed by atoms with E-state index in [0.29, 0.717) is 0 Å². The molecule has 0 amide bonds. The molecule has 0 aliphatic carbocycles. The maximum Gasteiger partial charge on any atom is -0.00245 e. The second kappa shape index (κ2) is 13.0. The minimum absolute atomic E-state index is 0.903. The summed E-state index contributed by atoms with van der Waals surface area (Å²) in [6, 6.07) is 0. The molecule has 0 rings (SSSR count). The van der Waals surface area contributed by atoms with E-state index in [1.54, 1.807) is 0 Å². The number of hydrogen-bond acceptors (Lipinski definition) is 1. The summed E-state index contributed by atoms with van der Waals surface area (Å²) in [6.07, 6.45) is 5.41. The molecule has 0 aromatic carbocycles. The molecule has 14 heavy (non-hydrogen) atoms. The quantitative estimate of drug-likeness (QED) is 0.623. The Morgan fingerprint density at radius 3 is 1.71 bits per heavy atom. The number of hydrogen-bond donors (Lipinski definition) is 0. The van der Waals surface area contributed by atoms with Gasteiger partial charge >= 0.3 is 0 Å². The molecule has 0 atom stereocenters. The topological polar surface area (TPSA) is 3.24 Å². The Morgan fingerprint density at radius 2 is 1.57 bits per heavy atom. The Bertz CT molecular complexity index is 89.2. The van der Waals surface area contributed by atoms with Crippen LogP contribution in [0, 0.1) is 5.92 Å². The average Bonchev–Trinajstić information content (AvgIpc) is 2.16. The van der Waals surface area contributed by atoms with E-state index in [0.717, 1.165) is 5.92 Å². The Morgan fingerprint density at radius 1 is 1.00 bits per heavy atom. The average molecular weight is 201 g/mol. The van der Waals surface area contributed by atoms with E-state index in [1.165, 1.54) is 38.8 Å². The van der Waals surface area contributed by atoms with Crippen molar-refractivity contribution in [3.63, 3.8) is 0 Å². The first-order valence-corrected chi connectivity index (χ1v) is 6.26. The molecular weight excluding hydrogens is 170 g/mol. The van der Waals surface area contributed by atoms with E-state index in [1.807, 2.05) is 0 Å². The molecule has 1 heteroatoms. The normalized spacial score (nSPS) is 10.3. The van der Waals surface area contributed by atoms with Crippen LogP contribution in [-0.4, -0.2) is 25.0 Å². The predicted octanol–water partition coefficient (Wildman–Crippen LogP) is 4.18. The molecule has 0 aliphatic rings. The standard InChI is InChI=1S/C7H16.C6H15N/c1-4-5-6-7(2)3;1-4-6-7(3)5-2/h7H,4-6H2,1-3H3;4-6H2,1-3H3. The van der Waals surface area contributed by atoms with Crippen molar-refractivity contribution in [1.82, 2.24) is 4.90 Å². The zero-order chi connectivity index (χ0) is 11.4. The summed E-state index contributed by atoms with van der Waals surface area (Å²) in [5.41, 5.74) is 0. The molecule has 0 heterocycles. The van der Waals surface area contributed by atoms with E-state index in [9.17, 15) is 0 Å². The predicted molar refractivity (Wildman–Crippen MR) is 67.8 cm³/mol. The highest BCUT2D eigenvalue weighted by Crippen LogP contribution is 2.04. The summed E-state index contributed by atoms with van der Waals surface area (Å²) in [6.45, 7) is 13.6. The van der Waals surface area contributed by atoms with Gasteiger partial charge in [0.1, 0.15) is 0 Å². The summed E-state index contributed by atoms with van der Waals surface area (Å²) in [5.74, 6) is 0.903. The zero-order valence-corrected chi connectivity index (χ0v) is 11.3. The Balaban J connectivity index is 0. The van der Waals surface area contributed by atoms with E-state index in [4.69, 9.17) is 0 Å². The van der Waals surface area contributed by atoms with Crippen molar-refractivity contribution in [2.45, 2.75) is 60.3 Å². The molecule has 0 saturated carbocycles. The fourth-order valence-corrected chi connectivity index (χ4v) is 1.15. The van der Waals surface area contributed by atoms with Gasteiger partial charge in [-0.25, -0.2) is 0 Å². The Kier molecular flexibility index (Phi) is 15.2. The first-order chi connectivity index (χ1) is 6.58. The van der Waals surface area contributed by atoms with Crippen LogP contribution in [0.15, 0.2) is 0 Å². The molecule has 0 aromatic rings. The van der Waals surface area contributed by atoms with Crippen molar-refractivity contribution in [2.75, 3.05) is 20.1 Å². The third-order valence-electron chi connectivity index (χ3n) is 2.28. The van der Waals surface area contributed by atoms with E-state index in [-0.39, 0.29) is 0 Å². The molecule has 0 aliphatic heterocycles. The third-order valence-corrected chi connectivity index (χ3v) is 2.28. The van der Waals surface area contributed by atoms with Gasteiger partial charge in [0.05, 0.1) is 0 Å². The molecule has 0 N–H and O–H groups in total. The lowest BCUT2D eigenvalue weighted by atomic mass is 10.1. The van der Waals surface area contributed by atoms with Gasteiger partial charge in [-0.1, -0.05) is 53.9 Å². The van der Waals surface area contributed by atoms with E-state index < -0.39 is 0 Å². The van der Waals surface area contributed by atoms with Gasteiger partial charge in [-0.3, -0.25) is 0 Å². The Labute approximate surface area is 91.9 Å². The summed E-state index contributed by atoms with van der Waals surface area (Å²) >= 11 is 0. The van der Waals surface area contributed by atoms with Crippen LogP contribution in [0.5, 0.6) is 0 Å². The zero-order valence-electron chi connectivity index (χ0n) is 11.3. The fourth-order valence-electron chi connectivity index (χ4n) is 1.15. The van der Waals surface area contributed by atoms with Gasteiger partial charge < -0.3 is 4.90 Å². The lowest BCUT2D eigenvalue weighted by molar-refractivity contribution is 0.353. The van der Waals surface area contributed by atoms with Crippen molar-refractivity contribution < 1.29 is 0 Å². The number of unbranched alkanes of at least 4 members (excludes halogenated alkanes) is 1. The smallest absolute Gasteiger partial charge is 0.00245 e. The maximum absolute atomic E-state index is 2.31. The molecule has 0 fully saturated rings. The molecular formula is C13H31N. The SMILES string of the molecule is CCCCC(C)C.CCCN(C)CC. The maximum atomic E-state index is 2.31. The lowest BCUT2D eigenvalue weighted by Crippen LogP contribution is -2.17. The fraction of sp³-hybridized carbons (Fsp3) is 1.00. The number of nitrogens with zero attached hydrogens (tertiary/aromatic N) is 1. The van der Waals surface area contributed by atoms with Crippen LogP contribution >= 0.6 is 0 Å². The van der Waals surface area contributed by atoms with Crippen molar-refractivity contribution in [2.24, 2.45) is 5.92 Å². The first kappa shape index (κ1) is 16.4. The van der Waals surface area contributed by atoms with Crippen molar-refractivity contribution in [3.05, 3.63) is 0 Å². The number of rotatable bonds is 6. The molecule has 0 unspecified atom stereocenters. The lowest BCUT2D eigenvalue weighted by Gasteiger charge is -2.10.